The van der Waals surface area contributed by atoms with Gasteiger partial charge in [-0.25, -0.2) is 4.39 Å². The Morgan fingerprint density at radius 2 is 1.96 bits per heavy atom. The van der Waals surface area contributed by atoms with Crippen molar-refractivity contribution < 1.29 is 18.4 Å². The van der Waals surface area contributed by atoms with Gasteiger partial charge in [-0.1, -0.05) is 17.3 Å². The highest BCUT2D eigenvalue weighted by atomic mass is 19.1. The average molecular weight is 355 g/mol. The van der Waals surface area contributed by atoms with E-state index in [-0.39, 0.29) is 24.4 Å². The summed E-state index contributed by atoms with van der Waals surface area (Å²) >= 11 is 0. The summed E-state index contributed by atoms with van der Waals surface area (Å²) in [5.74, 6) is 0.669. The number of nitrogens with zero attached hydrogens (tertiary/aromatic N) is 2. The van der Waals surface area contributed by atoms with Crippen molar-refractivity contribution in [1.82, 2.24) is 15.5 Å². The lowest BCUT2D eigenvalue weighted by Crippen LogP contribution is -2.34. The Hall–Kier alpha value is -3.22. The van der Waals surface area contributed by atoms with E-state index in [1.165, 1.54) is 12.1 Å². The van der Waals surface area contributed by atoms with Crippen molar-refractivity contribution in [3.05, 3.63) is 54.3 Å². The van der Waals surface area contributed by atoms with Gasteiger partial charge in [-0.2, -0.15) is 4.98 Å². The SMILES string of the molecule is CC(C)NC(=O)COc1cccc(-c2noc(-c3ccc(F)cc3)n2)c1. The zero-order valence-corrected chi connectivity index (χ0v) is 14.4. The van der Waals surface area contributed by atoms with Crippen LogP contribution in [-0.2, 0) is 4.79 Å². The molecule has 0 fully saturated rings. The van der Waals surface area contributed by atoms with Crippen LogP contribution in [0.2, 0.25) is 0 Å². The van der Waals surface area contributed by atoms with Gasteiger partial charge in [0.2, 0.25) is 5.82 Å². The second kappa shape index (κ2) is 7.77. The molecular formula is C19H18FN3O3. The Bertz CT molecular complexity index is 891. The number of carbonyl (C=O) groups is 1. The highest BCUT2D eigenvalue weighted by Gasteiger charge is 2.12. The lowest BCUT2D eigenvalue weighted by molar-refractivity contribution is -0.123. The van der Waals surface area contributed by atoms with Crippen LogP contribution >= 0.6 is 0 Å². The smallest absolute Gasteiger partial charge is 0.258 e. The second-order valence-corrected chi connectivity index (χ2v) is 5.97. The molecule has 0 bridgehead atoms. The first kappa shape index (κ1) is 17.6. The minimum atomic E-state index is -0.333. The van der Waals surface area contributed by atoms with Crippen molar-refractivity contribution in [2.75, 3.05) is 6.61 Å². The summed E-state index contributed by atoms with van der Waals surface area (Å²) in [6.07, 6.45) is 0. The van der Waals surface area contributed by atoms with Gasteiger partial charge in [0.15, 0.2) is 6.61 Å². The molecule has 3 aromatic rings. The van der Waals surface area contributed by atoms with Gasteiger partial charge < -0.3 is 14.6 Å². The summed E-state index contributed by atoms with van der Waals surface area (Å²) < 4.78 is 23.7. The molecule has 26 heavy (non-hydrogen) atoms. The van der Waals surface area contributed by atoms with Crippen molar-refractivity contribution in [2.45, 2.75) is 19.9 Å². The number of benzene rings is 2. The Morgan fingerprint density at radius 3 is 2.69 bits per heavy atom. The molecule has 1 amide bonds. The summed E-state index contributed by atoms with van der Waals surface area (Å²) in [5, 5.41) is 6.70. The minimum Gasteiger partial charge on any atom is -0.484 e. The molecule has 0 saturated heterocycles. The molecule has 0 spiro atoms. The molecule has 2 aromatic carbocycles. The van der Waals surface area contributed by atoms with E-state index in [0.717, 1.165) is 0 Å². The van der Waals surface area contributed by atoms with E-state index in [2.05, 4.69) is 15.5 Å². The quantitative estimate of drug-likeness (QED) is 0.733. The molecule has 1 heterocycles. The van der Waals surface area contributed by atoms with Gasteiger partial charge in [0.25, 0.3) is 11.8 Å². The molecule has 1 aromatic heterocycles. The fourth-order valence-corrected chi connectivity index (χ4v) is 2.29. The summed E-state index contributed by atoms with van der Waals surface area (Å²) in [6.45, 7) is 3.69. The monoisotopic (exact) mass is 355 g/mol. The van der Waals surface area contributed by atoms with E-state index in [0.29, 0.717) is 28.6 Å². The first-order chi connectivity index (χ1) is 12.5. The van der Waals surface area contributed by atoms with Crippen molar-refractivity contribution in [3.8, 4) is 28.6 Å². The summed E-state index contributed by atoms with van der Waals surface area (Å²) in [6, 6.07) is 12.9. The Balaban J connectivity index is 1.72. The molecule has 134 valence electrons. The molecule has 7 heteroatoms. The predicted molar refractivity (Wildman–Crippen MR) is 93.9 cm³/mol. The van der Waals surface area contributed by atoms with E-state index in [4.69, 9.17) is 9.26 Å². The number of ether oxygens (including phenoxy) is 1. The van der Waals surface area contributed by atoms with Crippen molar-refractivity contribution >= 4 is 5.91 Å². The van der Waals surface area contributed by atoms with E-state index >= 15 is 0 Å². The first-order valence-electron chi connectivity index (χ1n) is 8.13. The molecule has 0 atom stereocenters. The van der Waals surface area contributed by atoms with Crippen LogP contribution < -0.4 is 10.1 Å². The third kappa shape index (κ3) is 4.44. The van der Waals surface area contributed by atoms with Crippen LogP contribution in [0.1, 0.15) is 13.8 Å². The van der Waals surface area contributed by atoms with Gasteiger partial charge >= 0.3 is 0 Å². The maximum atomic E-state index is 13.0. The zero-order valence-electron chi connectivity index (χ0n) is 14.4. The van der Waals surface area contributed by atoms with E-state index in [1.807, 2.05) is 13.8 Å². The van der Waals surface area contributed by atoms with Gasteiger partial charge in [0, 0.05) is 17.2 Å². The lowest BCUT2D eigenvalue weighted by Gasteiger charge is -2.10. The number of hydrogen-bond donors (Lipinski definition) is 1. The molecule has 6 nitrogen and oxygen atoms in total. The third-order valence-corrected chi connectivity index (χ3v) is 3.43. The van der Waals surface area contributed by atoms with Crippen molar-refractivity contribution in [3.63, 3.8) is 0 Å². The number of amides is 1. The van der Waals surface area contributed by atoms with Gasteiger partial charge in [0.05, 0.1) is 0 Å². The van der Waals surface area contributed by atoms with Crippen LogP contribution in [0.25, 0.3) is 22.8 Å². The summed E-state index contributed by atoms with van der Waals surface area (Å²) in [7, 11) is 0. The van der Waals surface area contributed by atoms with Crippen molar-refractivity contribution in [2.24, 2.45) is 0 Å². The van der Waals surface area contributed by atoms with Crippen LogP contribution in [0.5, 0.6) is 5.75 Å². The van der Waals surface area contributed by atoms with Gasteiger partial charge in [-0.3, -0.25) is 4.79 Å². The fraction of sp³-hybridized carbons (Fsp3) is 0.211. The normalized spacial score (nSPS) is 10.8. The Morgan fingerprint density at radius 1 is 1.19 bits per heavy atom. The molecule has 0 unspecified atom stereocenters. The number of carbonyl (C=O) groups excluding carboxylic acids is 1. The molecular weight excluding hydrogens is 337 g/mol. The molecule has 0 aliphatic rings. The lowest BCUT2D eigenvalue weighted by atomic mass is 10.2. The minimum absolute atomic E-state index is 0.0571. The van der Waals surface area contributed by atoms with E-state index in [9.17, 15) is 9.18 Å². The number of halogens is 1. The predicted octanol–water partition coefficient (Wildman–Crippen LogP) is 3.45. The molecule has 3 rings (SSSR count). The van der Waals surface area contributed by atoms with E-state index in [1.54, 1.807) is 36.4 Å². The molecule has 0 aliphatic carbocycles. The third-order valence-electron chi connectivity index (χ3n) is 3.43. The van der Waals surface area contributed by atoms with Crippen LogP contribution in [-0.4, -0.2) is 28.7 Å². The Labute approximate surface area is 150 Å². The van der Waals surface area contributed by atoms with Crippen molar-refractivity contribution in [1.29, 1.82) is 0 Å². The van der Waals surface area contributed by atoms with Crippen LogP contribution in [0, 0.1) is 5.82 Å². The van der Waals surface area contributed by atoms with Crippen LogP contribution in [0.3, 0.4) is 0 Å². The zero-order chi connectivity index (χ0) is 18.5. The van der Waals surface area contributed by atoms with Crippen LogP contribution in [0.4, 0.5) is 4.39 Å². The summed E-state index contributed by atoms with van der Waals surface area (Å²) in [5.41, 5.74) is 1.31. The molecule has 0 aliphatic heterocycles. The number of hydrogen-bond acceptors (Lipinski definition) is 5. The average Bonchev–Trinajstić information content (AvgIpc) is 3.10. The highest BCUT2D eigenvalue weighted by Crippen LogP contribution is 2.25. The molecule has 0 saturated carbocycles. The maximum absolute atomic E-state index is 13.0. The highest BCUT2D eigenvalue weighted by molar-refractivity contribution is 5.77. The first-order valence-corrected chi connectivity index (χ1v) is 8.13. The number of rotatable bonds is 6. The Kier molecular flexibility index (Phi) is 5.26. The second-order valence-electron chi connectivity index (χ2n) is 5.97. The maximum Gasteiger partial charge on any atom is 0.258 e. The standard InChI is InChI=1S/C19H18FN3O3/c1-12(2)21-17(24)11-25-16-5-3-4-14(10-16)18-22-19(26-23-18)13-6-8-15(20)9-7-13/h3-10,12H,11H2,1-2H3,(H,21,24). The number of aromatic nitrogens is 2. The van der Waals surface area contributed by atoms with Gasteiger partial charge in [0.1, 0.15) is 11.6 Å². The summed E-state index contributed by atoms with van der Waals surface area (Å²) in [4.78, 5) is 16.0. The number of nitrogens with one attached hydrogen (secondary N) is 1. The fourth-order valence-electron chi connectivity index (χ4n) is 2.29. The van der Waals surface area contributed by atoms with E-state index < -0.39 is 0 Å². The van der Waals surface area contributed by atoms with Gasteiger partial charge in [-0.05, 0) is 50.2 Å². The van der Waals surface area contributed by atoms with Crippen LogP contribution in [0.15, 0.2) is 53.1 Å². The largest absolute Gasteiger partial charge is 0.484 e. The molecule has 1 N–H and O–H groups in total. The topological polar surface area (TPSA) is 77.2 Å². The van der Waals surface area contributed by atoms with Gasteiger partial charge in [-0.15, -0.1) is 0 Å². The molecule has 0 radical (unpaired) electrons.